The van der Waals surface area contributed by atoms with Gasteiger partial charge < -0.3 is 5.32 Å². The molecule has 0 fully saturated rings. The van der Waals surface area contributed by atoms with Crippen LogP contribution in [0.5, 0.6) is 0 Å². The Balaban J connectivity index is 2.43. The highest BCUT2D eigenvalue weighted by molar-refractivity contribution is 5.76. The lowest BCUT2D eigenvalue weighted by Crippen LogP contribution is -2.48. The summed E-state index contributed by atoms with van der Waals surface area (Å²) in [6.45, 7) is 1.30. The molecule has 0 aliphatic heterocycles. The predicted molar refractivity (Wildman–Crippen MR) is 98.0 cm³/mol. The van der Waals surface area contributed by atoms with E-state index in [1.165, 1.54) is 19.1 Å². The predicted octanol–water partition coefficient (Wildman–Crippen LogP) is 5.13. The summed E-state index contributed by atoms with van der Waals surface area (Å²) in [6.07, 6.45) is -4.57. The van der Waals surface area contributed by atoms with E-state index in [1.807, 2.05) is 0 Å². The van der Waals surface area contributed by atoms with E-state index in [0.717, 1.165) is 6.07 Å². The number of hydrogen-bond donors (Lipinski definition) is 1. The molecule has 2 nitrogen and oxygen atoms in total. The third-order valence-electron chi connectivity index (χ3n) is 4.41. The van der Waals surface area contributed by atoms with Crippen LogP contribution in [-0.2, 0) is 16.5 Å². The molecule has 3 aromatic carbocycles. The Bertz CT molecular complexity index is 882. The Hall–Kier alpha value is -3.08. The van der Waals surface area contributed by atoms with Gasteiger partial charge >= 0.3 is 6.18 Å². The molecule has 0 aliphatic carbocycles. The highest BCUT2D eigenvalue weighted by atomic mass is 19.4. The average Bonchev–Trinajstić information content (AvgIpc) is 2.67. The second kappa shape index (κ2) is 7.27. The smallest absolute Gasteiger partial charge is 0.339 e. The van der Waals surface area contributed by atoms with Gasteiger partial charge in [-0.2, -0.15) is 13.2 Å². The molecule has 0 aromatic heterocycles. The standard InChI is InChI=1S/C22H18F3NO/c1-16(27)26-21(17-10-4-2-5-11-17,18-12-6-3-7-13-18)19-14-8-9-15-20(19)22(23,24)25/h2-15H,1H3,(H,26,27). The largest absolute Gasteiger partial charge is 0.416 e. The maximum Gasteiger partial charge on any atom is 0.416 e. The van der Waals surface area contributed by atoms with E-state index in [1.54, 1.807) is 66.7 Å². The van der Waals surface area contributed by atoms with E-state index in [-0.39, 0.29) is 5.56 Å². The summed E-state index contributed by atoms with van der Waals surface area (Å²) in [5.74, 6) is -0.431. The third-order valence-corrected chi connectivity index (χ3v) is 4.41. The van der Waals surface area contributed by atoms with Gasteiger partial charge in [-0.25, -0.2) is 0 Å². The van der Waals surface area contributed by atoms with Crippen molar-refractivity contribution in [2.75, 3.05) is 0 Å². The summed E-state index contributed by atoms with van der Waals surface area (Å²) < 4.78 is 41.5. The molecule has 0 saturated heterocycles. The van der Waals surface area contributed by atoms with Crippen LogP contribution in [0.3, 0.4) is 0 Å². The molecule has 3 rings (SSSR count). The summed E-state index contributed by atoms with van der Waals surface area (Å²) in [5.41, 5.74) is -1.19. The molecule has 0 atom stereocenters. The molecule has 1 amide bonds. The van der Waals surface area contributed by atoms with Crippen LogP contribution in [0, 0.1) is 0 Å². The van der Waals surface area contributed by atoms with Gasteiger partial charge in [0, 0.05) is 6.92 Å². The van der Waals surface area contributed by atoms with Crippen molar-refractivity contribution in [3.05, 3.63) is 107 Å². The summed E-state index contributed by atoms with van der Waals surface area (Å²) in [4.78, 5) is 12.1. The van der Waals surface area contributed by atoms with Gasteiger partial charge in [-0.3, -0.25) is 4.79 Å². The van der Waals surface area contributed by atoms with Crippen LogP contribution in [0.2, 0.25) is 0 Å². The zero-order valence-electron chi connectivity index (χ0n) is 14.6. The molecule has 0 unspecified atom stereocenters. The second-order valence-corrected chi connectivity index (χ2v) is 6.21. The van der Waals surface area contributed by atoms with Crippen LogP contribution in [0.1, 0.15) is 29.2 Å². The zero-order chi connectivity index (χ0) is 19.5. The maximum absolute atomic E-state index is 13.8. The minimum atomic E-state index is -4.57. The van der Waals surface area contributed by atoms with Crippen LogP contribution in [0.4, 0.5) is 13.2 Å². The minimum absolute atomic E-state index is 0.0231. The molecule has 0 bridgehead atoms. The number of hydrogen-bond acceptors (Lipinski definition) is 1. The summed E-state index contributed by atoms with van der Waals surface area (Å²) in [6, 6.07) is 22.8. The molecule has 1 N–H and O–H groups in total. The van der Waals surface area contributed by atoms with Gasteiger partial charge in [0.05, 0.1) is 5.56 Å². The van der Waals surface area contributed by atoms with Gasteiger partial charge in [0.2, 0.25) is 5.91 Å². The van der Waals surface area contributed by atoms with Crippen molar-refractivity contribution in [3.8, 4) is 0 Å². The molecule has 27 heavy (non-hydrogen) atoms. The minimum Gasteiger partial charge on any atom is -0.339 e. The van der Waals surface area contributed by atoms with Crippen LogP contribution < -0.4 is 5.32 Å². The molecule has 0 aliphatic rings. The molecule has 138 valence electrons. The number of carbonyl (C=O) groups is 1. The Morgan fingerprint density at radius 2 is 1.11 bits per heavy atom. The topological polar surface area (TPSA) is 29.1 Å². The van der Waals surface area contributed by atoms with Crippen molar-refractivity contribution < 1.29 is 18.0 Å². The van der Waals surface area contributed by atoms with Crippen molar-refractivity contribution in [1.82, 2.24) is 5.32 Å². The average molecular weight is 369 g/mol. The Morgan fingerprint density at radius 1 is 0.704 bits per heavy atom. The van der Waals surface area contributed by atoms with Crippen molar-refractivity contribution in [1.29, 1.82) is 0 Å². The lowest BCUT2D eigenvalue weighted by molar-refractivity contribution is -0.139. The van der Waals surface area contributed by atoms with Crippen molar-refractivity contribution in [3.63, 3.8) is 0 Å². The molecule has 0 radical (unpaired) electrons. The van der Waals surface area contributed by atoms with Gasteiger partial charge in [-0.15, -0.1) is 0 Å². The van der Waals surface area contributed by atoms with E-state index in [4.69, 9.17) is 0 Å². The molecule has 5 heteroatoms. The van der Waals surface area contributed by atoms with E-state index in [2.05, 4.69) is 5.32 Å². The van der Waals surface area contributed by atoms with E-state index < -0.39 is 23.2 Å². The normalized spacial score (nSPS) is 11.9. The van der Waals surface area contributed by atoms with E-state index in [9.17, 15) is 18.0 Å². The van der Waals surface area contributed by atoms with Crippen LogP contribution in [0.25, 0.3) is 0 Å². The lowest BCUT2D eigenvalue weighted by Gasteiger charge is -2.38. The van der Waals surface area contributed by atoms with Gasteiger partial charge in [-0.05, 0) is 22.8 Å². The van der Waals surface area contributed by atoms with Crippen molar-refractivity contribution in [2.24, 2.45) is 0 Å². The number of rotatable bonds is 4. The fourth-order valence-electron chi connectivity index (χ4n) is 3.39. The van der Waals surface area contributed by atoms with Gasteiger partial charge in [0.15, 0.2) is 0 Å². The molecule has 0 saturated carbocycles. The summed E-state index contributed by atoms with van der Waals surface area (Å²) in [7, 11) is 0. The number of halogens is 3. The first-order chi connectivity index (χ1) is 12.9. The van der Waals surface area contributed by atoms with Gasteiger partial charge in [-0.1, -0.05) is 78.9 Å². The number of amides is 1. The Labute approximate surface area is 155 Å². The van der Waals surface area contributed by atoms with Crippen molar-refractivity contribution in [2.45, 2.75) is 18.6 Å². The quantitative estimate of drug-likeness (QED) is 0.635. The van der Waals surface area contributed by atoms with Crippen LogP contribution >= 0.6 is 0 Å². The molecule has 0 heterocycles. The zero-order valence-corrected chi connectivity index (χ0v) is 14.6. The fourth-order valence-corrected chi connectivity index (χ4v) is 3.39. The van der Waals surface area contributed by atoms with Gasteiger partial charge in [0.25, 0.3) is 0 Å². The second-order valence-electron chi connectivity index (χ2n) is 6.21. The summed E-state index contributed by atoms with van der Waals surface area (Å²) in [5, 5.41) is 2.82. The Morgan fingerprint density at radius 3 is 1.52 bits per heavy atom. The molecule has 0 spiro atoms. The number of nitrogens with one attached hydrogen (secondary N) is 1. The van der Waals surface area contributed by atoms with Crippen LogP contribution in [-0.4, -0.2) is 5.91 Å². The number of alkyl halides is 3. The van der Waals surface area contributed by atoms with Crippen molar-refractivity contribution >= 4 is 5.91 Å². The number of carbonyl (C=O) groups excluding carboxylic acids is 1. The molecular formula is C22H18F3NO. The van der Waals surface area contributed by atoms with E-state index >= 15 is 0 Å². The monoisotopic (exact) mass is 369 g/mol. The first-order valence-corrected chi connectivity index (χ1v) is 8.42. The SMILES string of the molecule is CC(=O)NC(c1ccccc1)(c1ccccc1)c1ccccc1C(F)(F)F. The van der Waals surface area contributed by atoms with Gasteiger partial charge in [0.1, 0.15) is 5.54 Å². The highest BCUT2D eigenvalue weighted by Gasteiger charge is 2.44. The molecular weight excluding hydrogens is 351 g/mol. The first kappa shape index (κ1) is 18.7. The first-order valence-electron chi connectivity index (χ1n) is 8.42. The third kappa shape index (κ3) is 3.58. The fraction of sp³-hybridized carbons (Fsp3) is 0.136. The Kier molecular flexibility index (Phi) is 5.04. The lowest BCUT2D eigenvalue weighted by atomic mass is 9.75. The number of benzene rings is 3. The summed E-state index contributed by atoms with van der Waals surface area (Å²) >= 11 is 0. The van der Waals surface area contributed by atoms with E-state index in [0.29, 0.717) is 11.1 Å². The van der Waals surface area contributed by atoms with Crippen LogP contribution in [0.15, 0.2) is 84.9 Å². The maximum atomic E-state index is 13.8. The highest BCUT2D eigenvalue weighted by Crippen LogP contribution is 2.43. The molecule has 3 aromatic rings.